The summed E-state index contributed by atoms with van der Waals surface area (Å²) in [5, 5.41) is 0. The Hall–Kier alpha value is -1.59. The number of ether oxygens (including phenoxy) is 6. The lowest BCUT2D eigenvalue weighted by molar-refractivity contribution is -0.175. The van der Waals surface area contributed by atoms with Gasteiger partial charge in [-0.05, 0) is 41.5 Å². The van der Waals surface area contributed by atoms with Crippen LogP contribution >= 0.6 is 0 Å². The molecule has 3 rings (SSSR count). The first-order valence-corrected chi connectivity index (χ1v) is 10.4. The molecule has 0 aromatic rings. The maximum atomic E-state index is 12.7. The van der Waals surface area contributed by atoms with Crippen molar-refractivity contribution in [1.82, 2.24) is 4.90 Å². The van der Waals surface area contributed by atoms with Crippen LogP contribution in [0.1, 0.15) is 54.9 Å². The number of hydrogen-bond donors (Lipinski definition) is 0. The number of nitrogens with zero attached hydrogens (tertiary/aromatic N) is 1. The summed E-state index contributed by atoms with van der Waals surface area (Å²) >= 11 is 0. The fraction of sp³-hybridized carbons (Fsp3) is 0.857. The third-order valence-electron chi connectivity index (χ3n) is 5.73. The van der Waals surface area contributed by atoms with Gasteiger partial charge < -0.3 is 33.3 Å². The van der Waals surface area contributed by atoms with Crippen molar-refractivity contribution >= 4 is 17.7 Å². The number of ketones is 1. The van der Waals surface area contributed by atoms with E-state index < -0.39 is 59.5 Å². The smallest absolute Gasteiger partial charge is 0.374 e. The van der Waals surface area contributed by atoms with Gasteiger partial charge in [-0.2, -0.15) is 0 Å². The van der Waals surface area contributed by atoms with Crippen LogP contribution < -0.4 is 0 Å². The van der Waals surface area contributed by atoms with Crippen molar-refractivity contribution in [3.63, 3.8) is 0 Å². The number of esters is 1. The molecule has 3 aliphatic heterocycles. The fourth-order valence-corrected chi connectivity index (χ4v) is 4.76. The lowest BCUT2D eigenvalue weighted by Gasteiger charge is -2.37. The molecule has 0 saturated carbocycles. The van der Waals surface area contributed by atoms with Crippen molar-refractivity contribution < 1.29 is 42.8 Å². The molecule has 3 aliphatic rings. The van der Waals surface area contributed by atoms with E-state index in [-0.39, 0.29) is 18.9 Å². The van der Waals surface area contributed by atoms with Crippen molar-refractivity contribution in [2.24, 2.45) is 0 Å². The standard InChI is InChI=1S/C21H33NO9/c1-11(23)22-15(13(28-19(22,2)3)9-12(24)18(25)26-8)17-16(30-21(6,7)31-17)14-10-27-20(4,5)29-14/h13-17H,9-10H2,1-8H3/t13-,14+,15+,16+,17+/m0/s1. The molecule has 0 aliphatic carbocycles. The largest absolute Gasteiger partial charge is 0.463 e. The second kappa shape index (κ2) is 8.08. The number of amides is 1. The zero-order chi connectivity index (χ0) is 23.4. The van der Waals surface area contributed by atoms with Gasteiger partial charge in [-0.3, -0.25) is 9.59 Å². The van der Waals surface area contributed by atoms with E-state index in [1.807, 2.05) is 13.8 Å². The molecule has 0 spiro atoms. The Morgan fingerprint density at radius 1 is 0.935 bits per heavy atom. The Morgan fingerprint density at radius 3 is 2.06 bits per heavy atom. The van der Waals surface area contributed by atoms with Gasteiger partial charge in [0.2, 0.25) is 11.7 Å². The van der Waals surface area contributed by atoms with E-state index in [0.717, 1.165) is 7.11 Å². The van der Waals surface area contributed by atoms with Crippen molar-refractivity contribution in [3.05, 3.63) is 0 Å². The van der Waals surface area contributed by atoms with Crippen molar-refractivity contribution in [1.29, 1.82) is 0 Å². The Labute approximate surface area is 182 Å². The first-order valence-electron chi connectivity index (χ1n) is 10.4. The molecule has 176 valence electrons. The van der Waals surface area contributed by atoms with Gasteiger partial charge in [0.15, 0.2) is 11.6 Å². The first-order chi connectivity index (χ1) is 14.2. The topological polar surface area (TPSA) is 110 Å². The molecule has 0 bridgehead atoms. The number of methoxy groups -OCH3 is 1. The molecule has 0 radical (unpaired) electrons. The predicted octanol–water partition coefficient (Wildman–Crippen LogP) is 1.14. The highest BCUT2D eigenvalue weighted by Gasteiger charge is 2.60. The third kappa shape index (κ3) is 4.78. The highest BCUT2D eigenvalue weighted by Crippen LogP contribution is 2.44. The van der Waals surface area contributed by atoms with E-state index in [1.165, 1.54) is 6.92 Å². The highest BCUT2D eigenvalue weighted by molar-refractivity contribution is 6.33. The summed E-state index contributed by atoms with van der Waals surface area (Å²) < 4.78 is 34.8. The quantitative estimate of drug-likeness (QED) is 0.456. The van der Waals surface area contributed by atoms with E-state index in [0.29, 0.717) is 0 Å². The Balaban J connectivity index is 1.97. The molecule has 10 heteroatoms. The zero-order valence-corrected chi connectivity index (χ0v) is 19.4. The van der Waals surface area contributed by atoms with Gasteiger partial charge in [0.05, 0.1) is 25.9 Å². The number of Topliss-reactive ketones (excluding diaryl/α,β-unsaturated/α-hetero) is 1. The summed E-state index contributed by atoms with van der Waals surface area (Å²) in [7, 11) is 1.14. The van der Waals surface area contributed by atoms with Crippen LogP contribution in [0.15, 0.2) is 0 Å². The average Bonchev–Trinajstić information content (AvgIpc) is 3.23. The minimum atomic E-state index is -1.02. The van der Waals surface area contributed by atoms with E-state index in [4.69, 9.17) is 23.7 Å². The van der Waals surface area contributed by atoms with Crippen LogP contribution in [0.25, 0.3) is 0 Å². The Morgan fingerprint density at radius 2 is 1.55 bits per heavy atom. The summed E-state index contributed by atoms with van der Waals surface area (Å²) in [5.41, 5.74) is -1.02. The zero-order valence-electron chi connectivity index (χ0n) is 19.4. The van der Waals surface area contributed by atoms with Crippen LogP contribution in [-0.2, 0) is 42.8 Å². The molecule has 31 heavy (non-hydrogen) atoms. The van der Waals surface area contributed by atoms with Crippen LogP contribution in [0.3, 0.4) is 0 Å². The molecule has 3 heterocycles. The molecule has 1 amide bonds. The Kier molecular flexibility index (Phi) is 6.27. The summed E-state index contributed by atoms with van der Waals surface area (Å²) in [6, 6.07) is -0.694. The molecular weight excluding hydrogens is 410 g/mol. The molecule has 0 N–H and O–H groups in total. The van der Waals surface area contributed by atoms with Gasteiger partial charge in [-0.15, -0.1) is 0 Å². The summed E-state index contributed by atoms with van der Waals surface area (Å²) in [4.78, 5) is 38.3. The van der Waals surface area contributed by atoms with Gasteiger partial charge in [0.25, 0.3) is 0 Å². The van der Waals surface area contributed by atoms with E-state index in [2.05, 4.69) is 4.74 Å². The third-order valence-corrected chi connectivity index (χ3v) is 5.73. The maximum absolute atomic E-state index is 12.7. The minimum absolute atomic E-state index is 0.251. The molecule has 10 nitrogen and oxygen atoms in total. The van der Waals surface area contributed by atoms with E-state index in [1.54, 1.807) is 32.6 Å². The normalized spacial score (nSPS) is 35.9. The molecule has 0 aromatic carbocycles. The maximum Gasteiger partial charge on any atom is 0.374 e. The molecule has 3 saturated heterocycles. The van der Waals surface area contributed by atoms with Gasteiger partial charge in [-0.1, -0.05) is 0 Å². The molecular formula is C21H33NO9. The minimum Gasteiger partial charge on any atom is -0.463 e. The van der Waals surface area contributed by atoms with E-state index in [9.17, 15) is 14.4 Å². The van der Waals surface area contributed by atoms with Gasteiger partial charge in [0.1, 0.15) is 24.0 Å². The van der Waals surface area contributed by atoms with Gasteiger partial charge >= 0.3 is 5.97 Å². The lowest BCUT2D eigenvalue weighted by Crippen LogP contribution is -2.57. The fourth-order valence-electron chi connectivity index (χ4n) is 4.76. The highest BCUT2D eigenvalue weighted by atomic mass is 16.8. The molecule has 5 atom stereocenters. The van der Waals surface area contributed by atoms with Crippen molar-refractivity contribution in [3.8, 4) is 0 Å². The number of hydrogen-bond acceptors (Lipinski definition) is 9. The second-order valence-corrected chi connectivity index (χ2v) is 9.53. The van der Waals surface area contributed by atoms with Crippen LogP contribution in [0.4, 0.5) is 0 Å². The number of rotatable bonds is 5. The molecule has 3 fully saturated rings. The monoisotopic (exact) mass is 443 g/mol. The predicted molar refractivity (Wildman–Crippen MR) is 106 cm³/mol. The van der Waals surface area contributed by atoms with Crippen LogP contribution in [0.2, 0.25) is 0 Å². The number of carbonyl (C=O) groups is 3. The van der Waals surface area contributed by atoms with Crippen LogP contribution in [0, 0.1) is 0 Å². The number of carbonyl (C=O) groups excluding carboxylic acids is 3. The van der Waals surface area contributed by atoms with Crippen molar-refractivity contribution in [2.75, 3.05) is 13.7 Å². The van der Waals surface area contributed by atoms with Crippen LogP contribution in [0.5, 0.6) is 0 Å². The van der Waals surface area contributed by atoms with Gasteiger partial charge in [-0.25, -0.2) is 4.79 Å². The first kappa shape index (κ1) is 24.1. The molecule has 0 unspecified atom stereocenters. The lowest BCUT2D eigenvalue weighted by atomic mass is 9.93. The summed E-state index contributed by atoms with van der Waals surface area (Å²) in [6.45, 7) is 12.3. The van der Waals surface area contributed by atoms with E-state index >= 15 is 0 Å². The Bertz CT molecular complexity index is 747. The average molecular weight is 443 g/mol. The van der Waals surface area contributed by atoms with Gasteiger partial charge in [0, 0.05) is 13.3 Å². The van der Waals surface area contributed by atoms with Crippen LogP contribution in [-0.4, -0.2) is 84.0 Å². The SMILES string of the molecule is COC(=O)C(=O)C[C@@H]1OC(C)(C)N(C(C)=O)[C@H]1[C@H]1OC(C)(C)O[C@@H]1[C@H]1COC(C)(C)O1. The summed E-state index contributed by atoms with van der Waals surface area (Å²) in [6.07, 6.45) is -2.78. The molecule has 0 aromatic heterocycles. The van der Waals surface area contributed by atoms with Crippen molar-refractivity contribution in [2.45, 2.75) is 103 Å². The summed E-state index contributed by atoms with van der Waals surface area (Å²) in [5.74, 6) is -3.69. The second-order valence-electron chi connectivity index (χ2n) is 9.53.